The maximum absolute atomic E-state index is 8.72. The van der Waals surface area contributed by atoms with E-state index in [9.17, 15) is 0 Å². The molecule has 0 atom stereocenters. The van der Waals surface area contributed by atoms with E-state index in [2.05, 4.69) is 30.2 Å². The smallest absolute Gasteiger partial charge is 0.183 e. The van der Waals surface area contributed by atoms with Crippen LogP contribution in [0.2, 0.25) is 0 Å². The third-order valence-corrected chi connectivity index (χ3v) is 2.21. The topological polar surface area (TPSA) is 74.7 Å². The predicted molar refractivity (Wildman–Crippen MR) is 54.6 cm³/mol. The Morgan fingerprint density at radius 3 is 2.92 bits per heavy atom. The van der Waals surface area contributed by atoms with E-state index >= 15 is 0 Å². The van der Waals surface area contributed by atoms with Gasteiger partial charge in [0.15, 0.2) is 15.8 Å². The number of anilines is 2. The highest BCUT2D eigenvalue weighted by Crippen LogP contribution is 2.23. The summed E-state index contributed by atoms with van der Waals surface area (Å²) in [7, 11) is 0. The van der Waals surface area contributed by atoms with Gasteiger partial charge in [0.25, 0.3) is 0 Å². The summed E-state index contributed by atoms with van der Waals surface area (Å²) in [5.41, 5.74) is 5.48. The summed E-state index contributed by atoms with van der Waals surface area (Å²) in [6, 6.07) is 2.05. The minimum Gasteiger partial charge on any atom is -0.375 e. The minimum atomic E-state index is 0.433. The lowest BCUT2D eigenvalue weighted by Crippen LogP contribution is -2.08. The summed E-state index contributed by atoms with van der Waals surface area (Å²) in [4.78, 5) is 4.57. The van der Waals surface area contributed by atoms with Gasteiger partial charge in [-0.15, -0.1) is 0 Å². The van der Waals surface area contributed by atoms with Gasteiger partial charge in [-0.3, -0.25) is 0 Å². The lowest BCUT2D eigenvalue weighted by Gasteiger charge is -2.05. The van der Waals surface area contributed by atoms with Crippen LogP contribution < -0.4 is 11.1 Å². The summed E-state index contributed by atoms with van der Waals surface area (Å²) < 4.78 is 0. The molecule has 0 amide bonds. The van der Waals surface area contributed by atoms with Crippen molar-refractivity contribution in [1.82, 2.24) is 4.98 Å². The number of hydrogen-bond donors (Lipinski definition) is 2. The zero-order valence-corrected chi connectivity index (χ0v) is 8.48. The fourth-order valence-corrected chi connectivity index (χ4v) is 1.44. The highest BCUT2D eigenvalue weighted by atomic mass is 32.1. The highest BCUT2D eigenvalue weighted by Gasteiger charge is 2.08. The van der Waals surface area contributed by atoms with Crippen LogP contribution in [0.15, 0.2) is 0 Å². The van der Waals surface area contributed by atoms with Gasteiger partial charge in [-0.1, -0.05) is 25.2 Å². The average molecular weight is 196 g/mol. The second-order valence-electron chi connectivity index (χ2n) is 3.12. The van der Waals surface area contributed by atoms with Gasteiger partial charge in [-0.2, -0.15) is 5.26 Å². The SMILES string of the molecule is CC(C)CNc1nc(N)sc1C#N. The van der Waals surface area contributed by atoms with E-state index in [1.165, 1.54) is 11.3 Å². The molecule has 0 aliphatic rings. The minimum absolute atomic E-state index is 0.433. The summed E-state index contributed by atoms with van der Waals surface area (Å²) in [6.45, 7) is 4.99. The molecule has 0 fully saturated rings. The number of nitrogens with zero attached hydrogens (tertiary/aromatic N) is 2. The molecule has 0 saturated heterocycles. The number of rotatable bonds is 3. The number of nitriles is 1. The Morgan fingerprint density at radius 1 is 1.69 bits per heavy atom. The Balaban J connectivity index is 2.71. The highest BCUT2D eigenvalue weighted by molar-refractivity contribution is 7.16. The fraction of sp³-hybridized carbons (Fsp3) is 0.500. The van der Waals surface area contributed by atoms with E-state index in [4.69, 9.17) is 11.0 Å². The van der Waals surface area contributed by atoms with E-state index in [0.717, 1.165) is 6.54 Å². The fourth-order valence-electron chi connectivity index (χ4n) is 0.833. The molecule has 0 unspecified atom stereocenters. The zero-order valence-electron chi connectivity index (χ0n) is 7.66. The molecule has 70 valence electrons. The molecule has 0 aliphatic carbocycles. The molecule has 13 heavy (non-hydrogen) atoms. The molecule has 3 N–H and O–H groups in total. The molecule has 0 aromatic carbocycles. The largest absolute Gasteiger partial charge is 0.375 e. The van der Waals surface area contributed by atoms with Crippen molar-refractivity contribution < 1.29 is 0 Å². The van der Waals surface area contributed by atoms with E-state index in [-0.39, 0.29) is 0 Å². The van der Waals surface area contributed by atoms with E-state index in [1.54, 1.807) is 0 Å². The number of nitrogens with two attached hydrogens (primary N) is 1. The first-order valence-electron chi connectivity index (χ1n) is 4.03. The van der Waals surface area contributed by atoms with Crippen molar-refractivity contribution in [3.8, 4) is 6.07 Å². The van der Waals surface area contributed by atoms with E-state index in [0.29, 0.717) is 21.7 Å². The van der Waals surface area contributed by atoms with Gasteiger partial charge in [0.05, 0.1) is 0 Å². The van der Waals surface area contributed by atoms with Crippen molar-refractivity contribution in [3.05, 3.63) is 4.88 Å². The summed E-state index contributed by atoms with van der Waals surface area (Å²) in [5.74, 6) is 1.13. The predicted octanol–water partition coefficient (Wildman–Crippen LogP) is 1.66. The molecule has 0 aliphatic heterocycles. The van der Waals surface area contributed by atoms with Gasteiger partial charge in [-0.05, 0) is 5.92 Å². The average Bonchev–Trinajstić information content (AvgIpc) is 2.42. The van der Waals surface area contributed by atoms with Crippen LogP contribution in [0.4, 0.5) is 10.9 Å². The van der Waals surface area contributed by atoms with Crippen molar-refractivity contribution in [2.45, 2.75) is 13.8 Å². The van der Waals surface area contributed by atoms with Crippen LogP contribution in [0.1, 0.15) is 18.7 Å². The first-order chi connectivity index (χ1) is 6.13. The van der Waals surface area contributed by atoms with Crippen LogP contribution in [0.3, 0.4) is 0 Å². The van der Waals surface area contributed by atoms with Crippen LogP contribution in [0, 0.1) is 17.2 Å². The first-order valence-corrected chi connectivity index (χ1v) is 4.85. The zero-order chi connectivity index (χ0) is 9.84. The van der Waals surface area contributed by atoms with E-state index < -0.39 is 0 Å². The van der Waals surface area contributed by atoms with Gasteiger partial charge < -0.3 is 11.1 Å². The number of thiazole rings is 1. The van der Waals surface area contributed by atoms with Crippen LogP contribution in [0.25, 0.3) is 0 Å². The second kappa shape index (κ2) is 4.10. The molecule has 5 heteroatoms. The van der Waals surface area contributed by atoms with Gasteiger partial charge >= 0.3 is 0 Å². The standard InChI is InChI=1S/C8H12N4S/c1-5(2)4-11-7-6(3-9)13-8(10)12-7/h5,11H,4H2,1-2H3,(H2,10,12). The quantitative estimate of drug-likeness (QED) is 0.771. The molecule has 0 radical (unpaired) electrons. The lowest BCUT2D eigenvalue weighted by atomic mass is 10.2. The third kappa shape index (κ3) is 2.60. The molecule has 1 heterocycles. The maximum Gasteiger partial charge on any atom is 0.183 e. The Hall–Kier alpha value is -1.28. The number of nitrogen functional groups attached to an aromatic ring is 1. The Kier molecular flexibility index (Phi) is 3.09. The van der Waals surface area contributed by atoms with E-state index in [1.807, 2.05) is 0 Å². The summed E-state index contributed by atoms with van der Waals surface area (Å²) in [6.07, 6.45) is 0. The van der Waals surface area contributed by atoms with Crippen molar-refractivity contribution in [3.63, 3.8) is 0 Å². The van der Waals surface area contributed by atoms with Crippen LogP contribution in [0.5, 0.6) is 0 Å². The van der Waals surface area contributed by atoms with Crippen LogP contribution in [-0.4, -0.2) is 11.5 Å². The molecule has 1 aromatic heterocycles. The van der Waals surface area contributed by atoms with Gasteiger partial charge in [-0.25, -0.2) is 4.98 Å². The Labute approximate surface area is 81.4 Å². The molecule has 0 saturated carbocycles. The van der Waals surface area contributed by atoms with Crippen LogP contribution in [-0.2, 0) is 0 Å². The Bertz CT molecular complexity index is 323. The Morgan fingerprint density at radius 2 is 2.38 bits per heavy atom. The molecule has 1 rings (SSSR count). The van der Waals surface area contributed by atoms with Crippen LogP contribution >= 0.6 is 11.3 Å². The normalized spacial score (nSPS) is 10.0. The number of hydrogen-bond acceptors (Lipinski definition) is 5. The molecule has 4 nitrogen and oxygen atoms in total. The summed E-state index contributed by atoms with van der Waals surface area (Å²) in [5, 5.41) is 12.2. The number of aromatic nitrogens is 1. The van der Waals surface area contributed by atoms with Crippen molar-refractivity contribution >= 4 is 22.3 Å². The van der Waals surface area contributed by atoms with Gasteiger partial charge in [0, 0.05) is 6.54 Å². The second-order valence-corrected chi connectivity index (χ2v) is 4.15. The molecule has 0 bridgehead atoms. The first kappa shape index (κ1) is 9.81. The van der Waals surface area contributed by atoms with Gasteiger partial charge in [0.2, 0.25) is 0 Å². The maximum atomic E-state index is 8.72. The van der Waals surface area contributed by atoms with Gasteiger partial charge in [0.1, 0.15) is 6.07 Å². The number of nitrogens with one attached hydrogen (secondary N) is 1. The third-order valence-electron chi connectivity index (χ3n) is 1.42. The van der Waals surface area contributed by atoms with Crippen molar-refractivity contribution in [2.75, 3.05) is 17.6 Å². The van der Waals surface area contributed by atoms with Crippen molar-refractivity contribution in [1.29, 1.82) is 5.26 Å². The molecular weight excluding hydrogens is 184 g/mol. The monoisotopic (exact) mass is 196 g/mol. The molecular formula is C8H12N4S. The summed E-state index contributed by atoms with van der Waals surface area (Å²) >= 11 is 1.21. The molecule has 1 aromatic rings. The van der Waals surface area contributed by atoms with Crippen molar-refractivity contribution in [2.24, 2.45) is 5.92 Å². The molecule has 0 spiro atoms. The lowest BCUT2D eigenvalue weighted by molar-refractivity contribution is 0.687.